The van der Waals surface area contributed by atoms with Gasteiger partial charge >= 0.3 is 5.97 Å². The molecule has 2 aromatic carbocycles. The van der Waals surface area contributed by atoms with E-state index in [1.54, 1.807) is 31.2 Å². The molecule has 1 aliphatic rings. The van der Waals surface area contributed by atoms with Crippen molar-refractivity contribution in [2.75, 3.05) is 11.5 Å². The van der Waals surface area contributed by atoms with Crippen LogP contribution in [-0.2, 0) is 14.3 Å². The summed E-state index contributed by atoms with van der Waals surface area (Å²) < 4.78 is 7.09. The first kappa shape index (κ1) is 25.1. The lowest BCUT2D eigenvalue weighted by Crippen LogP contribution is -2.54. The maximum absolute atomic E-state index is 13.5. The second-order valence-electron chi connectivity index (χ2n) is 8.61. The number of aryl methyl sites for hydroxylation is 2. The second kappa shape index (κ2) is 9.91. The molecule has 3 aromatic rings. The Morgan fingerprint density at radius 2 is 1.78 bits per heavy atom. The Labute approximate surface area is 215 Å². The Balaban J connectivity index is 1.75. The number of ether oxygens (including phenoxy) is 1. The van der Waals surface area contributed by atoms with Gasteiger partial charge < -0.3 is 9.30 Å². The maximum atomic E-state index is 13.5. The van der Waals surface area contributed by atoms with Gasteiger partial charge in [-0.2, -0.15) is 0 Å². The molecule has 2 amide bonds. The minimum absolute atomic E-state index is 0.00923. The lowest BCUT2D eigenvalue weighted by atomic mass is 10.0. The van der Waals surface area contributed by atoms with Gasteiger partial charge in [0.05, 0.1) is 17.9 Å². The maximum Gasteiger partial charge on any atom is 0.338 e. The van der Waals surface area contributed by atoms with Gasteiger partial charge in [0.2, 0.25) is 0 Å². The number of anilines is 1. The minimum atomic E-state index is -0.541. The number of nitrogens with zero attached hydrogens (tertiary/aromatic N) is 2. The third kappa shape index (κ3) is 4.47. The van der Waals surface area contributed by atoms with Crippen LogP contribution in [0.1, 0.15) is 45.4 Å². The van der Waals surface area contributed by atoms with Crippen molar-refractivity contribution in [2.45, 2.75) is 34.6 Å². The molecule has 1 N–H and O–H groups in total. The van der Waals surface area contributed by atoms with E-state index < -0.39 is 17.8 Å². The fourth-order valence-electron chi connectivity index (χ4n) is 4.33. The van der Waals surface area contributed by atoms with Crippen LogP contribution >= 0.6 is 12.2 Å². The molecule has 7 nitrogen and oxygen atoms in total. The van der Waals surface area contributed by atoms with Crippen LogP contribution in [-0.4, -0.2) is 34.1 Å². The van der Waals surface area contributed by atoms with Crippen molar-refractivity contribution in [2.24, 2.45) is 0 Å². The van der Waals surface area contributed by atoms with Gasteiger partial charge in [-0.25, -0.2) is 4.79 Å². The Morgan fingerprint density at radius 3 is 2.50 bits per heavy atom. The van der Waals surface area contributed by atoms with Crippen LogP contribution in [0.5, 0.6) is 0 Å². The lowest BCUT2D eigenvalue weighted by molar-refractivity contribution is -0.122. The van der Waals surface area contributed by atoms with E-state index in [9.17, 15) is 14.4 Å². The first-order valence-electron chi connectivity index (χ1n) is 11.6. The third-order valence-electron chi connectivity index (χ3n) is 6.30. The molecule has 1 saturated heterocycles. The van der Waals surface area contributed by atoms with Crippen molar-refractivity contribution >= 4 is 46.9 Å². The molecule has 8 heteroatoms. The van der Waals surface area contributed by atoms with Crippen LogP contribution in [0.4, 0.5) is 5.69 Å². The van der Waals surface area contributed by atoms with Crippen LogP contribution in [0.25, 0.3) is 11.8 Å². The summed E-state index contributed by atoms with van der Waals surface area (Å²) in [4.78, 5) is 39.9. The smallest absolute Gasteiger partial charge is 0.338 e. The second-order valence-corrected chi connectivity index (χ2v) is 9.00. The van der Waals surface area contributed by atoms with E-state index in [-0.39, 0.29) is 10.7 Å². The molecule has 184 valence electrons. The summed E-state index contributed by atoms with van der Waals surface area (Å²) in [5.41, 5.74) is 6.17. The van der Waals surface area contributed by atoms with Gasteiger partial charge in [-0.1, -0.05) is 18.2 Å². The average Bonchev–Trinajstić information content (AvgIpc) is 3.12. The zero-order valence-corrected chi connectivity index (χ0v) is 21.7. The number of hydrogen-bond donors (Lipinski definition) is 1. The number of esters is 1. The number of rotatable bonds is 5. The van der Waals surface area contributed by atoms with Gasteiger partial charge in [0, 0.05) is 17.1 Å². The standard InChI is InChI=1S/C28H27N3O4S/c1-6-35-27(34)20-10-8-11-22(14-20)30-17(3)13-21(19(30)5)15-23-25(32)29-28(36)31(26(23)33)24-12-7-9-16(2)18(24)4/h7-15H,6H2,1-5H3,(H,29,32,36)/b23-15+. The van der Waals surface area contributed by atoms with E-state index in [2.05, 4.69) is 5.32 Å². The Kier molecular flexibility index (Phi) is 6.90. The molecule has 36 heavy (non-hydrogen) atoms. The summed E-state index contributed by atoms with van der Waals surface area (Å²) in [6.45, 7) is 9.75. The molecule has 1 aliphatic heterocycles. The summed E-state index contributed by atoms with van der Waals surface area (Å²) in [6, 6.07) is 14.7. The predicted octanol–water partition coefficient (Wildman–Crippen LogP) is 4.72. The lowest BCUT2D eigenvalue weighted by Gasteiger charge is -2.30. The predicted molar refractivity (Wildman–Crippen MR) is 143 cm³/mol. The first-order valence-corrected chi connectivity index (χ1v) is 12.0. The molecule has 0 aliphatic carbocycles. The average molecular weight is 502 g/mol. The van der Waals surface area contributed by atoms with E-state index in [1.165, 1.54) is 4.90 Å². The van der Waals surface area contributed by atoms with Crippen molar-refractivity contribution in [3.8, 4) is 5.69 Å². The van der Waals surface area contributed by atoms with Crippen molar-refractivity contribution in [1.29, 1.82) is 0 Å². The van der Waals surface area contributed by atoms with Gasteiger partial charge in [-0.15, -0.1) is 0 Å². The monoisotopic (exact) mass is 501 g/mol. The van der Waals surface area contributed by atoms with Crippen molar-refractivity contribution in [3.63, 3.8) is 0 Å². The van der Waals surface area contributed by atoms with Crippen LogP contribution in [0, 0.1) is 27.7 Å². The zero-order valence-electron chi connectivity index (χ0n) is 20.8. The van der Waals surface area contributed by atoms with Crippen molar-refractivity contribution in [1.82, 2.24) is 9.88 Å². The topological polar surface area (TPSA) is 80.6 Å². The SMILES string of the molecule is CCOC(=O)c1cccc(-n2c(C)cc(/C=C3\C(=O)NC(=S)N(c4cccc(C)c4C)C3=O)c2C)c1. The molecule has 0 unspecified atom stereocenters. The highest BCUT2D eigenvalue weighted by Gasteiger charge is 2.35. The number of hydrogen-bond acceptors (Lipinski definition) is 5. The summed E-state index contributed by atoms with van der Waals surface area (Å²) in [5.74, 6) is -1.41. The molecular weight excluding hydrogens is 474 g/mol. The normalized spacial score (nSPS) is 14.9. The molecule has 4 rings (SSSR count). The van der Waals surface area contributed by atoms with Gasteiger partial charge in [0.1, 0.15) is 5.57 Å². The number of nitrogens with one attached hydrogen (secondary N) is 1. The van der Waals surface area contributed by atoms with Crippen LogP contribution in [0.2, 0.25) is 0 Å². The minimum Gasteiger partial charge on any atom is -0.462 e. The largest absolute Gasteiger partial charge is 0.462 e. The highest BCUT2D eigenvalue weighted by atomic mass is 32.1. The zero-order chi connectivity index (χ0) is 26.1. The van der Waals surface area contributed by atoms with E-state index in [4.69, 9.17) is 17.0 Å². The van der Waals surface area contributed by atoms with Crippen molar-refractivity contribution in [3.05, 3.63) is 87.7 Å². The molecule has 0 radical (unpaired) electrons. The molecule has 0 saturated carbocycles. The third-order valence-corrected chi connectivity index (χ3v) is 6.59. The first-order chi connectivity index (χ1) is 17.1. The van der Waals surface area contributed by atoms with Crippen LogP contribution < -0.4 is 10.2 Å². The molecule has 0 atom stereocenters. The van der Waals surface area contributed by atoms with E-state index in [0.717, 1.165) is 28.2 Å². The van der Waals surface area contributed by atoms with E-state index in [1.807, 2.05) is 62.6 Å². The number of amides is 2. The van der Waals surface area contributed by atoms with Crippen molar-refractivity contribution < 1.29 is 19.1 Å². The molecule has 0 spiro atoms. The molecule has 0 bridgehead atoms. The quantitative estimate of drug-likeness (QED) is 0.237. The fraction of sp³-hybridized carbons (Fsp3) is 0.214. The van der Waals surface area contributed by atoms with Gasteiger partial charge in [0.25, 0.3) is 11.8 Å². The summed E-state index contributed by atoms with van der Waals surface area (Å²) in [7, 11) is 0. The summed E-state index contributed by atoms with van der Waals surface area (Å²) >= 11 is 5.35. The summed E-state index contributed by atoms with van der Waals surface area (Å²) in [6.07, 6.45) is 1.59. The Hall–Kier alpha value is -4.04. The number of aromatic nitrogens is 1. The molecule has 2 heterocycles. The molecule has 1 aromatic heterocycles. The van der Waals surface area contributed by atoms with E-state index in [0.29, 0.717) is 23.4 Å². The van der Waals surface area contributed by atoms with E-state index >= 15 is 0 Å². The summed E-state index contributed by atoms with van der Waals surface area (Å²) in [5, 5.41) is 2.70. The van der Waals surface area contributed by atoms with Gasteiger partial charge in [0.15, 0.2) is 5.11 Å². The molecule has 1 fully saturated rings. The number of thiocarbonyl (C=S) groups is 1. The van der Waals surface area contributed by atoms with Crippen LogP contribution in [0.15, 0.2) is 54.1 Å². The molecular formula is C28H27N3O4S. The highest BCUT2D eigenvalue weighted by molar-refractivity contribution is 7.80. The number of benzene rings is 2. The number of carbonyl (C=O) groups excluding carboxylic acids is 3. The number of carbonyl (C=O) groups is 3. The Morgan fingerprint density at radius 1 is 1.06 bits per heavy atom. The van der Waals surface area contributed by atoms with Crippen LogP contribution in [0.3, 0.4) is 0 Å². The highest BCUT2D eigenvalue weighted by Crippen LogP contribution is 2.29. The Bertz CT molecular complexity index is 1450. The van der Waals surface area contributed by atoms with Gasteiger partial charge in [-0.05, 0) is 99.9 Å². The fourth-order valence-corrected chi connectivity index (χ4v) is 4.60. The van der Waals surface area contributed by atoms with Gasteiger partial charge in [-0.3, -0.25) is 19.8 Å².